The first kappa shape index (κ1) is 17.0. The average molecular weight is 320 g/mol. The SMILES string of the molecule is C=C1CCCCC1.O=C(CCC1=CC2C=NC=CC2S1)NO. The largest absolute Gasteiger partial charge is 0.289 e. The summed E-state index contributed by atoms with van der Waals surface area (Å²) >= 11 is 1.77. The minimum atomic E-state index is -0.337. The van der Waals surface area contributed by atoms with Crippen LogP contribution < -0.4 is 5.48 Å². The van der Waals surface area contributed by atoms with Crippen molar-refractivity contribution in [1.29, 1.82) is 0 Å². The summed E-state index contributed by atoms with van der Waals surface area (Å²) in [5.74, 6) is 0.0303. The molecule has 2 aliphatic heterocycles. The van der Waals surface area contributed by atoms with E-state index in [1.165, 1.54) is 42.6 Å². The molecule has 0 aromatic heterocycles. The lowest BCUT2D eigenvalue weighted by Crippen LogP contribution is -2.17. The number of rotatable bonds is 3. The Kier molecular flexibility index (Phi) is 6.93. The molecular weight excluding hydrogens is 296 g/mol. The van der Waals surface area contributed by atoms with Crippen LogP contribution in [0.4, 0.5) is 0 Å². The molecule has 22 heavy (non-hydrogen) atoms. The van der Waals surface area contributed by atoms with Crippen LogP contribution in [-0.4, -0.2) is 22.6 Å². The summed E-state index contributed by atoms with van der Waals surface area (Å²) in [6.45, 7) is 3.91. The average Bonchev–Trinajstić information content (AvgIpc) is 2.97. The lowest BCUT2D eigenvalue weighted by molar-refractivity contribution is -0.129. The molecule has 0 bridgehead atoms. The Morgan fingerprint density at radius 1 is 1.41 bits per heavy atom. The van der Waals surface area contributed by atoms with E-state index in [1.54, 1.807) is 17.2 Å². The molecule has 5 heteroatoms. The molecule has 1 aliphatic carbocycles. The highest BCUT2D eigenvalue weighted by atomic mass is 32.2. The number of carbonyl (C=O) groups is 1. The third-order valence-corrected chi connectivity index (χ3v) is 5.34. The van der Waals surface area contributed by atoms with Gasteiger partial charge < -0.3 is 0 Å². The van der Waals surface area contributed by atoms with E-state index in [0.29, 0.717) is 24.0 Å². The van der Waals surface area contributed by atoms with Gasteiger partial charge in [0, 0.05) is 30.0 Å². The fraction of sp³-hybridized carbons (Fsp3) is 0.529. The summed E-state index contributed by atoms with van der Waals surface area (Å²) in [5.41, 5.74) is 3.10. The van der Waals surface area contributed by atoms with E-state index < -0.39 is 0 Å². The van der Waals surface area contributed by atoms with Gasteiger partial charge in [-0.1, -0.05) is 30.7 Å². The van der Waals surface area contributed by atoms with Gasteiger partial charge >= 0.3 is 0 Å². The Bertz CT molecular complexity index is 489. The number of thioether (sulfide) groups is 1. The summed E-state index contributed by atoms with van der Waals surface area (Å²) in [6, 6.07) is 0. The predicted octanol–water partition coefficient (Wildman–Crippen LogP) is 3.99. The van der Waals surface area contributed by atoms with Gasteiger partial charge in [-0.25, -0.2) is 5.48 Å². The summed E-state index contributed by atoms with van der Waals surface area (Å²) in [4.78, 5) is 16.1. The molecule has 3 rings (SSSR count). The van der Waals surface area contributed by atoms with E-state index in [1.807, 2.05) is 12.4 Å². The molecule has 120 valence electrons. The Morgan fingerprint density at radius 3 is 2.77 bits per heavy atom. The standard InChI is InChI=1S/C10H12N2O2S.C7H12/c13-10(12-14)2-1-8-5-7-6-11-4-3-9(7)15-8;1-7-5-3-2-4-6-7/h3-7,9,14H,1-2H2,(H,12,13);1-6H2. The number of amides is 1. The molecule has 1 saturated carbocycles. The normalized spacial score (nSPS) is 25.9. The number of hydrogen-bond donors (Lipinski definition) is 2. The van der Waals surface area contributed by atoms with Crippen LogP contribution in [0.25, 0.3) is 0 Å². The maximum absolute atomic E-state index is 10.8. The topological polar surface area (TPSA) is 61.7 Å². The number of hydrogen-bond acceptors (Lipinski definition) is 4. The van der Waals surface area contributed by atoms with E-state index >= 15 is 0 Å². The lowest BCUT2D eigenvalue weighted by atomic mass is 9.97. The van der Waals surface area contributed by atoms with Crippen molar-refractivity contribution in [3.8, 4) is 0 Å². The monoisotopic (exact) mass is 320 g/mol. The second-order valence-electron chi connectivity index (χ2n) is 5.78. The molecule has 0 saturated heterocycles. The van der Waals surface area contributed by atoms with Crippen molar-refractivity contribution in [2.24, 2.45) is 10.9 Å². The molecule has 0 aromatic carbocycles. The lowest BCUT2D eigenvalue weighted by Gasteiger charge is -2.11. The highest BCUT2D eigenvalue weighted by Crippen LogP contribution is 2.39. The van der Waals surface area contributed by atoms with Crippen LogP contribution in [0.1, 0.15) is 44.9 Å². The molecule has 0 spiro atoms. The highest BCUT2D eigenvalue weighted by molar-refractivity contribution is 8.04. The van der Waals surface area contributed by atoms with Crippen LogP contribution in [0.2, 0.25) is 0 Å². The van der Waals surface area contributed by atoms with Crippen molar-refractivity contribution < 1.29 is 10.0 Å². The van der Waals surface area contributed by atoms with Gasteiger partial charge in [0.1, 0.15) is 0 Å². The second kappa shape index (κ2) is 8.96. The van der Waals surface area contributed by atoms with Gasteiger partial charge in [-0.3, -0.25) is 15.0 Å². The maximum atomic E-state index is 10.8. The summed E-state index contributed by atoms with van der Waals surface area (Å²) in [7, 11) is 0. The molecule has 0 aromatic rings. The summed E-state index contributed by atoms with van der Waals surface area (Å²) < 4.78 is 0. The van der Waals surface area contributed by atoms with Crippen LogP contribution in [0, 0.1) is 5.92 Å². The number of hydroxylamine groups is 1. The molecule has 2 atom stereocenters. The van der Waals surface area contributed by atoms with Crippen molar-refractivity contribution in [3.63, 3.8) is 0 Å². The first-order valence-electron chi connectivity index (χ1n) is 7.86. The van der Waals surface area contributed by atoms with Crippen LogP contribution in [0.15, 0.2) is 40.4 Å². The number of nitrogens with zero attached hydrogens (tertiary/aromatic N) is 1. The van der Waals surface area contributed by atoms with Gasteiger partial charge in [0.2, 0.25) is 5.91 Å². The van der Waals surface area contributed by atoms with Gasteiger partial charge in [-0.2, -0.15) is 0 Å². The van der Waals surface area contributed by atoms with E-state index in [0.717, 1.165) is 0 Å². The fourth-order valence-electron chi connectivity index (χ4n) is 2.67. The molecular formula is C17H24N2O2S. The first-order chi connectivity index (χ1) is 10.7. The smallest absolute Gasteiger partial charge is 0.243 e. The van der Waals surface area contributed by atoms with Crippen LogP contribution in [0.3, 0.4) is 0 Å². The zero-order valence-corrected chi connectivity index (χ0v) is 13.6. The zero-order chi connectivity index (χ0) is 15.8. The maximum Gasteiger partial charge on any atom is 0.243 e. The van der Waals surface area contributed by atoms with Gasteiger partial charge in [-0.15, -0.1) is 11.8 Å². The van der Waals surface area contributed by atoms with Crippen LogP contribution in [0.5, 0.6) is 0 Å². The van der Waals surface area contributed by atoms with Crippen LogP contribution in [-0.2, 0) is 4.79 Å². The van der Waals surface area contributed by atoms with Crippen molar-refractivity contribution in [1.82, 2.24) is 5.48 Å². The van der Waals surface area contributed by atoms with E-state index in [2.05, 4.69) is 23.7 Å². The summed E-state index contributed by atoms with van der Waals surface area (Å²) in [5, 5.41) is 8.80. The van der Waals surface area contributed by atoms with Crippen LogP contribution >= 0.6 is 11.8 Å². The van der Waals surface area contributed by atoms with E-state index in [-0.39, 0.29) is 5.91 Å². The van der Waals surface area contributed by atoms with Gasteiger partial charge in [0.25, 0.3) is 0 Å². The molecule has 1 fully saturated rings. The van der Waals surface area contributed by atoms with Crippen molar-refractivity contribution in [3.05, 3.63) is 35.4 Å². The zero-order valence-electron chi connectivity index (χ0n) is 12.8. The van der Waals surface area contributed by atoms with Crippen molar-refractivity contribution in [2.75, 3.05) is 0 Å². The minimum absolute atomic E-state index is 0.329. The van der Waals surface area contributed by atoms with Gasteiger partial charge in [0.05, 0.1) is 0 Å². The Hall–Kier alpha value is -1.33. The molecule has 2 N–H and O–H groups in total. The molecule has 2 heterocycles. The molecule has 3 aliphatic rings. The predicted molar refractivity (Wildman–Crippen MR) is 92.0 cm³/mol. The summed E-state index contributed by atoms with van der Waals surface area (Å²) in [6.07, 6.45) is 15.8. The highest BCUT2D eigenvalue weighted by Gasteiger charge is 2.26. The van der Waals surface area contributed by atoms with Gasteiger partial charge in [-0.05, 0) is 37.0 Å². The first-order valence-corrected chi connectivity index (χ1v) is 8.74. The fourth-order valence-corrected chi connectivity index (χ4v) is 3.93. The molecule has 1 amide bonds. The number of nitrogens with one attached hydrogen (secondary N) is 1. The number of allylic oxidation sites excluding steroid dienone is 3. The Balaban J connectivity index is 0.000000211. The van der Waals surface area contributed by atoms with Crippen molar-refractivity contribution in [2.45, 2.75) is 50.2 Å². The Morgan fingerprint density at radius 2 is 2.18 bits per heavy atom. The number of fused-ring (bicyclic) bond motifs is 1. The number of carbonyl (C=O) groups excluding carboxylic acids is 1. The third kappa shape index (κ3) is 5.46. The quantitative estimate of drug-likeness (QED) is 0.469. The van der Waals surface area contributed by atoms with E-state index in [4.69, 9.17) is 5.21 Å². The second-order valence-corrected chi connectivity index (χ2v) is 7.08. The molecule has 4 nitrogen and oxygen atoms in total. The third-order valence-electron chi connectivity index (χ3n) is 3.95. The molecule has 0 radical (unpaired) electrons. The van der Waals surface area contributed by atoms with Gasteiger partial charge in [0.15, 0.2) is 0 Å². The minimum Gasteiger partial charge on any atom is -0.289 e. The molecule has 2 unspecified atom stereocenters. The van der Waals surface area contributed by atoms with E-state index in [9.17, 15) is 4.79 Å². The van der Waals surface area contributed by atoms with Crippen molar-refractivity contribution >= 4 is 23.9 Å². The Labute approximate surface area is 136 Å². The number of aliphatic imine (C=N–C) groups is 1.